The monoisotopic (exact) mass is 524 g/mol. The third kappa shape index (κ3) is 3.50. The van der Waals surface area contributed by atoms with Gasteiger partial charge in [0.05, 0.1) is 23.1 Å². The van der Waals surface area contributed by atoms with Crippen LogP contribution in [0.2, 0.25) is 0 Å². The van der Waals surface area contributed by atoms with Crippen LogP contribution in [0.3, 0.4) is 0 Å². The molecule has 1 aromatic carbocycles. The van der Waals surface area contributed by atoms with Crippen molar-refractivity contribution in [3.63, 3.8) is 0 Å². The number of Topliss-reactive ketones (excluding diaryl/α,β-unsaturated/α-hetero) is 1. The number of benzene rings is 1. The van der Waals surface area contributed by atoms with Crippen LogP contribution in [0.25, 0.3) is 0 Å². The highest BCUT2D eigenvalue weighted by atomic mass is 16.6. The highest BCUT2D eigenvalue weighted by Gasteiger charge is 2.68. The molecule has 0 radical (unpaired) electrons. The van der Waals surface area contributed by atoms with Crippen LogP contribution in [-0.4, -0.2) is 44.9 Å². The summed E-state index contributed by atoms with van der Waals surface area (Å²) in [5.41, 5.74) is -1.49. The maximum Gasteiger partial charge on any atom is 0.417 e. The van der Waals surface area contributed by atoms with Crippen LogP contribution in [0.1, 0.15) is 75.7 Å². The van der Waals surface area contributed by atoms with E-state index in [1.54, 1.807) is 6.08 Å². The third-order valence-electron chi connectivity index (χ3n) is 10.9. The van der Waals surface area contributed by atoms with Crippen molar-refractivity contribution in [1.29, 1.82) is 0 Å². The molecule has 1 unspecified atom stereocenters. The van der Waals surface area contributed by atoms with E-state index in [1.807, 2.05) is 20.8 Å². The summed E-state index contributed by atoms with van der Waals surface area (Å²) in [6, 6.07) is 3.98. The van der Waals surface area contributed by atoms with Gasteiger partial charge in [-0.1, -0.05) is 33.8 Å². The van der Waals surface area contributed by atoms with E-state index >= 15 is 0 Å². The van der Waals surface area contributed by atoms with E-state index in [0.29, 0.717) is 18.4 Å². The smallest absolute Gasteiger partial charge is 0.417 e. The van der Waals surface area contributed by atoms with Gasteiger partial charge in [-0.15, -0.1) is 6.58 Å². The second-order valence-corrected chi connectivity index (χ2v) is 12.4. The van der Waals surface area contributed by atoms with Crippen LogP contribution in [-0.2, 0) is 16.1 Å². The van der Waals surface area contributed by atoms with Gasteiger partial charge in [-0.2, -0.15) is 0 Å². The number of hydrogen-bond acceptors (Lipinski definition) is 7. The number of fused-ring (bicyclic) bond motifs is 1. The predicted octanol–water partition coefficient (Wildman–Crippen LogP) is 5.05. The molecule has 204 valence electrons. The molecule has 3 aliphatic carbocycles. The number of hydrogen-bond donors (Lipinski definition) is 1. The van der Waals surface area contributed by atoms with Crippen LogP contribution in [0, 0.1) is 44.1 Å². The third-order valence-corrected chi connectivity index (χ3v) is 10.9. The van der Waals surface area contributed by atoms with E-state index in [4.69, 9.17) is 4.74 Å². The molecule has 1 heterocycles. The number of aliphatic hydroxyl groups is 1. The Hall–Kier alpha value is -3.07. The number of ether oxygens (including phenoxy) is 1. The fourth-order valence-electron chi connectivity index (χ4n) is 8.24. The number of ketones is 1. The van der Waals surface area contributed by atoms with Gasteiger partial charge in [0.15, 0.2) is 0 Å². The molecular formula is C29H36N2O7. The maximum absolute atomic E-state index is 13.6. The first-order chi connectivity index (χ1) is 17.8. The fourth-order valence-corrected chi connectivity index (χ4v) is 8.24. The number of rotatable bonds is 3. The van der Waals surface area contributed by atoms with Gasteiger partial charge in [-0.3, -0.25) is 19.7 Å². The van der Waals surface area contributed by atoms with Crippen molar-refractivity contribution >= 4 is 23.5 Å². The first-order valence-corrected chi connectivity index (χ1v) is 13.4. The highest BCUT2D eigenvalue weighted by molar-refractivity contribution is 6.06. The zero-order chi connectivity index (χ0) is 27.8. The Kier molecular flexibility index (Phi) is 6.09. The van der Waals surface area contributed by atoms with Gasteiger partial charge in [-0.05, 0) is 54.6 Å². The Morgan fingerprint density at radius 2 is 1.97 bits per heavy atom. The number of nitro groups is 1. The van der Waals surface area contributed by atoms with Crippen molar-refractivity contribution in [2.45, 2.75) is 78.6 Å². The number of non-ortho nitro benzene ring substituents is 1. The molecule has 0 spiro atoms. The van der Waals surface area contributed by atoms with E-state index in [1.165, 1.54) is 18.2 Å². The van der Waals surface area contributed by atoms with E-state index in [2.05, 4.69) is 13.5 Å². The molecule has 38 heavy (non-hydrogen) atoms. The first-order valence-electron chi connectivity index (χ1n) is 13.4. The standard InChI is InChI=1S/C29H36N2O7/c1-6-27(4)14-22(38-26(35)30-15-18-7-8-19(31(36)37)13-20(18)25(30)34)28(5)16(2)9-11-29(17(3)24(27)33)12-10-21(32)23(28)29/h6-8,13,16-17,22-24,33H,1,9-12,14-15H2,2-5H3/t16-,17+,22-,23?,24+,27-,28+,29+/m1/s1. The topological polar surface area (TPSA) is 127 Å². The van der Waals surface area contributed by atoms with Crippen molar-refractivity contribution in [3.05, 3.63) is 52.1 Å². The molecule has 3 saturated carbocycles. The fraction of sp³-hybridized carbons (Fsp3) is 0.621. The Labute approximate surface area is 222 Å². The quantitative estimate of drug-likeness (QED) is 0.333. The summed E-state index contributed by atoms with van der Waals surface area (Å²) in [7, 11) is 0. The molecule has 2 amide bonds. The van der Waals surface area contributed by atoms with E-state index < -0.39 is 45.4 Å². The highest BCUT2D eigenvalue weighted by Crippen LogP contribution is 2.68. The van der Waals surface area contributed by atoms with Crippen molar-refractivity contribution in [3.8, 4) is 0 Å². The molecule has 1 aliphatic heterocycles. The van der Waals surface area contributed by atoms with Gasteiger partial charge in [0.1, 0.15) is 11.9 Å². The average Bonchev–Trinajstić information content (AvgIpc) is 3.42. The number of amides is 2. The predicted molar refractivity (Wildman–Crippen MR) is 138 cm³/mol. The van der Waals surface area contributed by atoms with Crippen LogP contribution < -0.4 is 0 Å². The van der Waals surface area contributed by atoms with Crippen LogP contribution in [0.15, 0.2) is 30.9 Å². The molecule has 1 aromatic rings. The number of carbonyl (C=O) groups excluding carboxylic acids is 3. The SMILES string of the molecule is C=C[C@]1(C)C[C@@H](OC(=O)N2Cc3ccc([N+](=O)[O-])cc3C2=O)[C@@]2(C)C3C(=O)CC[C@@]3(CC[C@H]2C)[C@@H](C)[C@@H]1O. The zero-order valence-corrected chi connectivity index (χ0v) is 22.4. The Morgan fingerprint density at radius 3 is 2.63 bits per heavy atom. The lowest BCUT2D eigenvalue weighted by Gasteiger charge is -2.61. The van der Waals surface area contributed by atoms with Gasteiger partial charge in [0.25, 0.3) is 11.6 Å². The van der Waals surface area contributed by atoms with Crippen molar-refractivity contribution in [2.24, 2.45) is 34.0 Å². The van der Waals surface area contributed by atoms with Crippen LogP contribution in [0.5, 0.6) is 0 Å². The molecule has 9 heteroatoms. The molecule has 1 N–H and O–H groups in total. The maximum atomic E-state index is 13.6. The van der Waals surface area contributed by atoms with Gasteiger partial charge in [-0.25, -0.2) is 9.69 Å². The number of nitrogens with zero attached hydrogens (tertiary/aromatic N) is 2. The Morgan fingerprint density at radius 1 is 1.26 bits per heavy atom. The number of aliphatic hydroxyl groups excluding tert-OH is 1. The van der Waals surface area contributed by atoms with E-state index in [9.17, 15) is 29.6 Å². The summed E-state index contributed by atoms with van der Waals surface area (Å²) in [4.78, 5) is 51.9. The normalized spacial score (nSPS) is 40.1. The molecule has 0 aromatic heterocycles. The summed E-state index contributed by atoms with van der Waals surface area (Å²) in [6.07, 6.45) is 2.40. The second kappa shape index (κ2) is 8.73. The number of imide groups is 1. The minimum atomic E-state index is -0.844. The molecule has 2 bridgehead atoms. The van der Waals surface area contributed by atoms with Crippen molar-refractivity contribution in [1.82, 2.24) is 4.90 Å². The van der Waals surface area contributed by atoms with Gasteiger partial charge >= 0.3 is 6.09 Å². The van der Waals surface area contributed by atoms with Gasteiger partial charge in [0.2, 0.25) is 0 Å². The molecule has 4 aliphatic rings. The lowest BCUT2D eigenvalue weighted by Crippen LogP contribution is -2.63. The Balaban J connectivity index is 1.53. The van der Waals surface area contributed by atoms with Crippen LogP contribution in [0.4, 0.5) is 10.5 Å². The Bertz CT molecular complexity index is 1250. The van der Waals surface area contributed by atoms with Gasteiger partial charge in [0, 0.05) is 35.3 Å². The zero-order valence-electron chi connectivity index (χ0n) is 22.4. The number of carbonyl (C=O) groups is 3. The second-order valence-electron chi connectivity index (χ2n) is 12.4. The summed E-state index contributed by atoms with van der Waals surface area (Å²) < 4.78 is 6.20. The molecule has 5 rings (SSSR count). The lowest BCUT2D eigenvalue weighted by molar-refractivity contribution is -0.384. The molecule has 0 saturated heterocycles. The van der Waals surface area contributed by atoms with Gasteiger partial charge < -0.3 is 9.84 Å². The summed E-state index contributed by atoms with van der Waals surface area (Å²) in [5.74, 6) is -0.946. The minimum absolute atomic E-state index is 0.0470. The minimum Gasteiger partial charge on any atom is -0.445 e. The van der Waals surface area contributed by atoms with E-state index in [-0.39, 0.29) is 47.8 Å². The average molecular weight is 525 g/mol. The van der Waals surface area contributed by atoms with Crippen LogP contribution >= 0.6 is 0 Å². The van der Waals surface area contributed by atoms with E-state index in [0.717, 1.165) is 17.7 Å². The molecule has 8 atom stereocenters. The summed E-state index contributed by atoms with van der Waals surface area (Å²) in [6.45, 7) is 12.1. The summed E-state index contributed by atoms with van der Waals surface area (Å²) >= 11 is 0. The summed E-state index contributed by atoms with van der Waals surface area (Å²) in [5, 5.41) is 22.8. The van der Waals surface area contributed by atoms with Crippen molar-refractivity contribution < 1.29 is 29.2 Å². The lowest BCUT2D eigenvalue weighted by atomic mass is 9.44. The number of nitro benzene ring substituents is 1. The first kappa shape index (κ1) is 26.5. The largest absolute Gasteiger partial charge is 0.445 e. The molecule has 3 fully saturated rings. The molecular weight excluding hydrogens is 488 g/mol. The molecule has 9 nitrogen and oxygen atoms in total. The van der Waals surface area contributed by atoms with Crippen molar-refractivity contribution in [2.75, 3.05) is 0 Å².